The second-order valence-corrected chi connectivity index (χ2v) is 4.03. The summed E-state index contributed by atoms with van der Waals surface area (Å²) in [6, 6.07) is 3.61. The maximum absolute atomic E-state index is 12.7. The maximum atomic E-state index is 12.7. The Morgan fingerprint density at radius 2 is 2.06 bits per heavy atom. The van der Waals surface area contributed by atoms with E-state index in [1.807, 2.05) is 0 Å². The van der Waals surface area contributed by atoms with Crippen LogP contribution in [0, 0.1) is 11.3 Å². The van der Waals surface area contributed by atoms with E-state index in [4.69, 9.17) is 10.4 Å². The lowest BCUT2D eigenvalue weighted by Crippen LogP contribution is -2.13. The van der Waals surface area contributed by atoms with Gasteiger partial charge in [0.1, 0.15) is 0 Å². The number of carboxylic acids is 1. The average Bonchev–Trinajstić information content (AvgIpc) is 2.13. The zero-order valence-corrected chi connectivity index (χ0v) is 9.76. The molecule has 0 saturated carbocycles. The third kappa shape index (κ3) is 3.20. The highest BCUT2D eigenvalue weighted by Gasteiger charge is 2.36. The molecule has 0 radical (unpaired) electrons. The molecule has 90 valence electrons. The first-order chi connectivity index (χ1) is 7.75. The summed E-state index contributed by atoms with van der Waals surface area (Å²) in [7, 11) is 0. The molecule has 1 aromatic carbocycles. The molecule has 0 amide bonds. The Bertz CT molecular complexity index is 505. The first-order valence-electron chi connectivity index (χ1n) is 4.27. The Hall–Kier alpha value is -1.55. The van der Waals surface area contributed by atoms with Crippen molar-refractivity contribution in [3.63, 3.8) is 0 Å². The van der Waals surface area contributed by atoms with E-state index in [1.54, 1.807) is 6.07 Å². The van der Waals surface area contributed by atoms with Gasteiger partial charge in [0.05, 0.1) is 23.6 Å². The van der Waals surface area contributed by atoms with E-state index in [0.717, 1.165) is 12.1 Å². The Balaban J connectivity index is 3.46. The normalized spacial score (nSPS) is 11.0. The number of carboxylic acid groups (broad SMARTS) is 1. The van der Waals surface area contributed by atoms with E-state index in [0.29, 0.717) is 0 Å². The van der Waals surface area contributed by atoms with Crippen molar-refractivity contribution in [2.45, 2.75) is 12.6 Å². The highest BCUT2D eigenvalue weighted by atomic mass is 79.9. The number of benzene rings is 1. The van der Waals surface area contributed by atoms with Gasteiger partial charge in [-0.15, -0.1) is 0 Å². The van der Waals surface area contributed by atoms with Gasteiger partial charge < -0.3 is 5.11 Å². The van der Waals surface area contributed by atoms with Gasteiger partial charge >= 0.3 is 12.1 Å². The van der Waals surface area contributed by atoms with Crippen molar-refractivity contribution < 1.29 is 23.1 Å². The molecule has 1 N–H and O–H groups in total. The molecule has 0 atom stereocenters. The summed E-state index contributed by atoms with van der Waals surface area (Å²) in [5, 5.41) is 17.2. The Kier molecular flexibility index (Phi) is 3.78. The standard InChI is InChI=1S/C10H5BrF3NO2/c11-7-2-5(4-15)1-6(3-8(16)17)9(7)10(12,13)14/h1-2H,3H2,(H,16,17). The van der Waals surface area contributed by atoms with E-state index in [9.17, 15) is 18.0 Å². The van der Waals surface area contributed by atoms with Crippen molar-refractivity contribution in [3.8, 4) is 6.07 Å². The molecule has 17 heavy (non-hydrogen) atoms. The number of hydrogen-bond acceptors (Lipinski definition) is 2. The van der Waals surface area contributed by atoms with Crippen molar-refractivity contribution >= 4 is 21.9 Å². The molecule has 0 heterocycles. The molecule has 0 aliphatic rings. The maximum Gasteiger partial charge on any atom is 0.417 e. The van der Waals surface area contributed by atoms with Gasteiger partial charge in [0.2, 0.25) is 0 Å². The largest absolute Gasteiger partial charge is 0.481 e. The highest BCUT2D eigenvalue weighted by Crippen LogP contribution is 2.38. The molecule has 1 aromatic rings. The zero-order valence-electron chi connectivity index (χ0n) is 8.18. The Morgan fingerprint density at radius 3 is 2.47 bits per heavy atom. The topological polar surface area (TPSA) is 61.1 Å². The average molecular weight is 308 g/mol. The lowest BCUT2D eigenvalue weighted by molar-refractivity contribution is -0.140. The van der Waals surface area contributed by atoms with Crippen molar-refractivity contribution in [1.82, 2.24) is 0 Å². The number of nitriles is 1. The lowest BCUT2D eigenvalue weighted by atomic mass is 10.0. The van der Waals surface area contributed by atoms with Crippen molar-refractivity contribution in [2.75, 3.05) is 0 Å². The van der Waals surface area contributed by atoms with Crippen molar-refractivity contribution in [2.24, 2.45) is 0 Å². The SMILES string of the molecule is N#Cc1cc(Br)c(C(F)(F)F)c(CC(=O)O)c1. The molecular weight excluding hydrogens is 303 g/mol. The van der Waals surface area contributed by atoms with Gasteiger partial charge in [-0.3, -0.25) is 4.79 Å². The number of nitrogens with zero attached hydrogens (tertiary/aromatic N) is 1. The van der Waals surface area contributed by atoms with E-state index >= 15 is 0 Å². The minimum absolute atomic E-state index is 0.0267. The summed E-state index contributed by atoms with van der Waals surface area (Å²) in [5.41, 5.74) is -1.52. The van der Waals surface area contributed by atoms with E-state index in [-0.39, 0.29) is 10.0 Å². The Morgan fingerprint density at radius 1 is 1.47 bits per heavy atom. The first kappa shape index (κ1) is 13.5. The van der Waals surface area contributed by atoms with Crippen LogP contribution < -0.4 is 0 Å². The smallest absolute Gasteiger partial charge is 0.417 e. The van der Waals surface area contributed by atoms with Crippen LogP contribution in [0.3, 0.4) is 0 Å². The van der Waals surface area contributed by atoms with Gasteiger partial charge in [0, 0.05) is 4.47 Å². The van der Waals surface area contributed by atoms with Gasteiger partial charge in [-0.05, 0) is 17.7 Å². The minimum atomic E-state index is -4.67. The van der Waals surface area contributed by atoms with Crippen molar-refractivity contribution in [3.05, 3.63) is 33.3 Å². The summed E-state index contributed by atoms with van der Waals surface area (Å²) >= 11 is 2.70. The molecule has 0 aliphatic carbocycles. The third-order valence-electron chi connectivity index (χ3n) is 1.93. The second kappa shape index (κ2) is 4.75. The number of alkyl halides is 3. The van der Waals surface area contributed by atoms with Crippen molar-refractivity contribution in [1.29, 1.82) is 5.26 Å². The Labute approximate surface area is 103 Å². The molecule has 0 aromatic heterocycles. The van der Waals surface area contributed by atoms with Crippen LogP contribution >= 0.6 is 15.9 Å². The van der Waals surface area contributed by atoms with Gasteiger partial charge in [-0.1, -0.05) is 15.9 Å². The number of aliphatic carboxylic acids is 1. The van der Waals surface area contributed by atoms with Crippen LogP contribution in [-0.4, -0.2) is 11.1 Å². The summed E-state index contributed by atoms with van der Waals surface area (Å²) < 4.78 is 37.7. The summed E-state index contributed by atoms with van der Waals surface area (Å²) in [6.07, 6.45) is -5.46. The van der Waals surface area contributed by atoms with E-state index in [1.165, 1.54) is 0 Å². The number of halogens is 4. The summed E-state index contributed by atoms with van der Waals surface area (Å²) in [6.45, 7) is 0. The van der Waals surface area contributed by atoms with Crippen LogP contribution in [-0.2, 0) is 17.4 Å². The first-order valence-corrected chi connectivity index (χ1v) is 5.06. The lowest BCUT2D eigenvalue weighted by Gasteiger charge is -2.14. The molecule has 0 unspecified atom stereocenters. The monoisotopic (exact) mass is 307 g/mol. The van der Waals surface area contributed by atoms with E-state index < -0.39 is 29.7 Å². The van der Waals surface area contributed by atoms with E-state index in [2.05, 4.69) is 15.9 Å². The predicted octanol–water partition coefficient (Wildman–Crippen LogP) is 2.97. The fourth-order valence-electron chi connectivity index (χ4n) is 1.35. The third-order valence-corrected chi connectivity index (χ3v) is 2.55. The fourth-order valence-corrected chi connectivity index (χ4v) is 2.07. The van der Waals surface area contributed by atoms with Crippen LogP contribution in [0.4, 0.5) is 13.2 Å². The molecule has 1 rings (SSSR count). The second-order valence-electron chi connectivity index (χ2n) is 3.17. The molecule has 7 heteroatoms. The van der Waals surface area contributed by atoms with Gasteiger partial charge in [0.25, 0.3) is 0 Å². The number of rotatable bonds is 2. The van der Waals surface area contributed by atoms with Crippen LogP contribution in [0.5, 0.6) is 0 Å². The molecule has 0 saturated heterocycles. The fraction of sp³-hybridized carbons (Fsp3) is 0.200. The number of hydrogen-bond donors (Lipinski definition) is 1. The highest BCUT2D eigenvalue weighted by molar-refractivity contribution is 9.10. The summed E-state index contributed by atoms with van der Waals surface area (Å²) in [4.78, 5) is 10.5. The molecular formula is C10H5BrF3NO2. The summed E-state index contributed by atoms with van der Waals surface area (Å²) in [5.74, 6) is -1.39. The van der Waals surface area contributed by atoms with Crippen LogP contribution in [0.25, 0.3) is 0 Å². The van der Waals surface area contributed by atoms with Gasteiger partial charge in [-0.2, -0.15) is 18.4 Å². The van der Waals surface area contributed by atoms with Crippen LogP contribution in [0.2, 0.25) is 0 Å². The molecule has 0 fully saturated rings. The predicted molar refractivity (Wildman–Crippen MR) is 55.2 cm³/mol. The molecule has 0 aliphatic heterocycles. The minimum Gasteiger partial charge on any atom is -0.481 e. The quantitative estimate of drug-likeness (QED) is 0.913. The molecule has 3 nitrogen and oxygen atoms in total. The van der Waals surface area contributed by atoms with Gasteiger partial charge in [0.15, 0.2) is 0 Å². The molecule has 0 spiro atoms. The van der Waals surface area contributed by atoms with Crippen LogP contribution in [0.1, 0.15) is 16.7 Å². The zero-order chi connectivity index (χ0) is 13.2. The van der Waals surface area contributed by atoms with Crippen LogP contribution in [0.15, 0.2) is 16.6 Å². The van der Waals surface area contributed by atoms with Gasteiger partial charge in [-0.25, -0.2) is 0 Å². The molecule has 0 bridgehead atoms. The number of carbonyl (C=O) groups is 1.